The van der Waals surface area contributed by atoms with Crippen LogP contribution >= 0.6 is 0 Å². The number of terminal acetylenes is 1. The van der Waals surface area contributed by atoms with Gasteiger partial charge in [0.25, 0.3) is 0 Å². The molecule has 0 spiro atoms. The molecule has 8 nitrogen and oxygen atoms in total. The van der Waals surface area contributed by atoms with E-state index in [1.807, 2.05) is 30.3 Å². The summed E-state index contributed by atoms with van der Waals surface area (Å²) in [5.74, 6) is 4.64. The smallest absolute Gasteiger partial charge is 0.215 e. The van der Waals surface area contributed by atoms with E-state index in [0.29, 0.717) is 29.4 Å². The largest absolute Gasteiger partial charge is 0.493 e. The molecule has 1 aliphatic rings. The van der Waals surface area contributed by atoms with Crippen molar-refractivity contribution < 1.29 is 23.5 Å². The summed E-state index contributed by atoms with van der Waals surface area (Å²) in [7, 11) is 3.23. The molecule has 5 rings (SSSR count). The van der Waals surface area contributed by atoms with Crippen LogP contribution in [0.4, 0.5) is 0 Å². The molecule has 0 saturated heterocycles. The van der Waals surface area contributed by atoms with Gasteiger partial charge in [0.05, 0.1) is 32.4 Å². The predicted molar refractivity (Wildman–Crippen MR) is 147 cm³/mol. The summed E-state index contributed by atoms with van der Waals surface area (Å²) in [5, 5.41) is 5.56. The third-order valence-electron chi connectivity index (χ3n) is 6.87. The second kappa shape index (κ2) is 11.0. The fourth-order valence-corrected chi connectivity index (χ4v) is 4.77. The molecule has 2 aromatic heterocycles. The van der Waals surface area contributed by atoms with Gasteiger partial charge in [-0.1, -0.05) is 24.9 Å². The van der Waals surface area contributed by atoms with Gasteiger partial charge in [0.15, 0.2) is 11.5 Å². The summed E-state index contributed by atoms with van der Waals surface area (Å²) >= 11 is 0. The minimum absolute atomic E-state index is 0.595. The SMILES string of the molecule is C#CC(O/N=C1/c2cc(OC)c(OC)cc2-c2[nH]c3ccc(OCCN(CC)CC)cc3c21)c1ccoc1. The number of aromatic nitrogens is 1. The average Bonchev–Trinajstić information content (AvgIpc) is 3.67. The van der Waals surface area contributed by atoms with Gasteiger partial charge in [-0.25, -0.2) is 0 Å². The molecule has 8 heteroatoms. The van der Waals surface area contributed by atoms with Gasteiger partial charge < -0.3 is 33.3 Å². The van der Waals surface area contributed by atoms with Crippen LogP contribution in [0.5, 0.6) is 17.2 Å². The van der Waals surface area contributed by atoms with Crippen LogP contribution in [0.15, 0.2) is 58.5 Å². The summed E-state index contributed by atoms with van der Waals surface area (Å²) in [5.41, 5.74) is 5.92. The van der Waals surface area contributed by atoms with Gasteiger partial charge in [-0.15, -0.1) is 6.42 Å². The first-order valence-corrected chi connectivity index (χ1v) is 12.6. The minimum atomic E-state index is -0.696. The summed E-state index contributed by atoms with van der Waals surface area (Å²) < 4.78 is 22.5. The van der Waals surface area contributed by atoms with Crippen molar-refractivity contribution in [3.8, 4) is 40.8 Å². The van der Waals surface area contributed by atoms with Crippen molar-refractivity contribution in [3.63, 3.8) is 0 Å². The van der Waals surface area contributed by atoms with Crippen molar-refractivity contribution in [2.45, 2.75) is 20.0 Å². The number of benzene rings is 2. The highest BCUT2D eigenvalue weighted by Gasteiger charge is 2.32. The third-order valence-corrected chi connectivity index (χ3v) is 6.87. The van der Waals surface area contributed by atoms with E-state index in [2.05, 4.69) is 34.8 Å². The Balaban J connectivity index is 1.57. The first-order valence-electron chi connectivity index (χ1n) is 12.6. The van der Waals surface area contributed by atoms with E-state index in [4.69, 9.17) is 29.9 Å². The maximum absolute atomic E-state index is 6.12. The molecule has 2 heterocycles. The number of furan rings is 1. The molecule has 0 fully saturated rings. The Bertz CT molecular complexity index is 1490. The first-order chi connectivity index (χ1) is 18.6. The Morgan fingerprint density at radius 1 is 1.05 bits per heavy atom. The number of ether oxygens (including phenoxy) is 3. The Morgan fingerprint density at radius 3 is 2.47 bits per heavy atom. The summed E-state index contributed by atoms with van der Waals surface area (Å²) in [6.07, 6.45) is 8.16. The molecule has 0 amide bonds. The first kappa shape index (κ1) is 25.3. The number of H-pyrrole nitrogens is 1. The summed E-state index contributed by atoms with van der Waals surface area (Å²) in [6, 6.07) is 11.7. The Morgan fingerprint density at radius 2 is 1.82 bits per heavy atom. The zero-order chi connectivity index (χ0) is 26.6. The van der Waals surface area contributed by atoms with Gasteiger partial charge in [-0.2, -0.15) is 0 Å². The lowest BCUT2D eigenvalue weighted by Gasteiger charge is -2.18. The zero-order valence-corrected chi connectivity index (χ0v) is 22.0. The van der Waals surface area contributed by atoms with Crippen molar-refractivity contribution in [3.05, 3.63) is 65.6 Å². The summed E-state index contributed by atoms with van der Waals surface area (Å²) in [6.45, 7) is 7.76. The lowest BCUT2D eigenvalue weighted by atomic mass is 10.1. The number of aromatic amines is 1. The Hall–Kier alpha value is -4.35. The molecule has 2 aromatic carbocycles. The quantitative estimate of drug-likeness (QED) is 0.182. The van der Waals surface area contributed by atoms with Crippen LogP contribution in [-0.4, -0.2) is 56.1 Å². The molecule has 0 radical (unpaired) electrons. The van der Waals surface area contributed by atoms with Gasteiger partial charge >= 0.3 is 0 Å². The molecule has 1 unspecified atom stereocenters. The van der Waals surface area contributed by atoms with Crippen molar-refractivity contribution in [2.24, 2.45) is 5.16 Å². The van der Waals surface area contributed by atoms with Gasteiger partial charge in [-0.3, -0.25) is 0 Å². The van der Waals surface area contributed by atoms with E-state index in [1.54, 1.807) is 32.8 Å². The van der Waals surface area contributed by atoms with Crippen molar-refractivity contribution >= 4 is 16.6 Å². The molecule has 1 aliphatic carbocycles. The average molecular weight is 514 g/mol. The van der Waals surface area contributed by atoms with Crippen LogP contribution in [0.3, 0.4) is 0 Å². The molecule has 0 bridgehead atoms. The highest BCUT2D eigenvalue weighted by Crippen LogP contribution is 2.46. The van der Waals surface area contributed by atoms with Gasteiger partial charge in [0.2, 0.25) is 6.10 Å². The highest BCUT2D eigenvalue weighted by molar-refractivity contribution is 6.30. The second-order valence-electron chi connectivity index (χ2n) is 8.86. The van der Waals surface area contributed by atoms with Crippen LogP contribution < -0.4 is 14.2 Å². The van der Waals surface area contributed by atoms with E-state index in [-0.39, 0.29) is 0 Å². The molecule has 1 N–H and O–H groups in total. The second-order valence-corrected chi connectivity index (χ2v) is 8.86. The number of likely N-dealkylation sites (N-methyl/N-ethyl adjacent to an activating group) is 1. The lowest BCUT2D eigenvalue weighted by Crippen LogP contribution is -2.27. The van der Waals surface area contributed by atoms with Crippen molar-refractivity contribution in [1.29, 1.82) is 0 Å². The fourth-order valence-electron chi connectivity index (χ4n) is 4.77. The lowest BCUT2D eigenvalue weighted by molar-refractivity contribution is 0.0996. The number of nitrogens with one attached hydrogen (secondary N) is 1. The maximum atomic E-state index is 6.12. The minimum Gasteiger partial charge on any atom is -0.493 e. The highest BCUT2D eigenvalue weighted by atomic mass is 16.6. The van der Waals surface area contributed by atoms with E-state index in [9.17, 15) is 0 Å². The standard InChI is InChI=1S/C30H31N3O5/c1-6-25(19-11-13-36-18-19)38-32-30-22-17-27(35-5)26(34-4)16-21(22)29-28(30)23-15-20(9-10-24(23)31-29)37-14-12-33(7-2)8-3/h1,9-11,13,15-18,25,31H,7-8,12,14H2,2-5H3/b32-30-. The van der Waals surface area contributed by atoms with E-state index in [1.165, 1.54) is 0 Å². The molecule has 196 valence electrons. The monoisotopic (exact) mass is 513 g/mol. The van der Waals surface area contributed by atoms with Crippen LogP contribution in [0, 0.1) is 12.3 Å². The molecule has 38 heavy (non-hydrogen) atoms. The van der Waals surface area contributed by atoms with Crippen LogP contribution in [-0.2, 0) is 4.84 Å². The normalized spacial score (nSPS) is 13.8. The van der Waals surface area contributed by atoms with E-state index in [0.717, 1.165) is 58.7 Å². The number of nitrogens with zero attached hydrogens (tertiary/aromatic N) is 2. The van der Waals surface area contributed by atoms with Crippen LogP contribution in [0.1, 0.15) is 36.6 Å². The predicted octanol–water partition coefficient (Wildman–Crippen LogP) is 5.62. The number of hydrogen-bond acceptors (Lipinski definition) is 7. The molecular formula is C30H31N3O5. The maximum Gasteiger partial charge on any atom is 0.215 e. The molecule has 1 atom stereocenters. The number of rotatable bonds is 11. The number of methoxy groups -OCH3 is 2. The molecule has 0 aliphatic heterocycles. The molecular weight excluding hydrogens is 482 g/mol. The van der Waals surface area contributed by atoms with Gasteiger partial charge in [0.1, 0.15) is 18.1 Å². The topological polar surface area (TPSA) is 81.4 Å². The Labute approximate surface area is 222 Å². The third kappa shape index (κ3) is 4.57. The zero-order valence-electron chi connectivity index (χ0n) is 22.0. The number of hydrogen-bond donors (Lipinski definition) is 1. The van der Waals surface area contributed by atoms with Crippen LogP contribution in [0.2, 0.25) is 0 Å². The van der Waals surface area contributed by atoms with Gasteiger partial charge in [0, 0.05) is 39.7 Å². The number of fused-ring (bicyclic) bond motifs is 5. The summed E-state index contributed by atoms with van der Waals surface area (Å²) in [4.78, 5) is 11.8. The Kier molecular flexibility index (Phi) is 7.29. The van der Waals surface area contributed by atoms with Crippen LogP contribution in [0.25, 0.3) is 22.2 Å². The van der Waals surface area contributed by atoms with Gasteiger partial charge in [-0.05, 0) is 49.5 Å². The van der Waals surface area contributed by atoms with E-state index >= 15 is 0 Å². The van der Waals surface area contributed by atoms with Crippen molar-refractivity contribution in [1.82, 2.24) is 9.88 Å². The van der Waals surface area contributed by atoms with E-state index < -0.39 is 6.10 Å². The molecule has 4 aromatic rings. The molecule has 0 saturated carbocycles. The number of oxime groups is 1. The van der Waals surface area contributed by atoms with Crippen molar-refractivity contribution in [2.75, 3.05) is 40.5 Å². The fraction of sp³-hybridized carbons (Fsp3) is 0.300.